The van der Waals surface area contributed by atoms with Crippen LogP contribution in [0.15, 0.2) is 54.6 Å². The van der Waals surface area contributed by atoms with Gasteiger partial charge in [-0.05, 0) is 24.3 Å². The third-order valence-corrected chi connectivity index (χ3v) is 6.16. The van der Waals surface area contributed by atoms with Crippen LogP contribution in [-0.2, 0) is 9.47 Å². The Morgan fingerprint density at radius 1 is 0.917 bits per heavy atom. The first-order valence-corrected chi connectivity index (χ1v) is 11.4. The van der Waals surface area contributed by atoms with Gasteiger partial charge in [0.2, 0.25) is 0 Å². The van der Waals surface area contributed by atoms with E-state index in [-0.39, 0.29) is 11.2 Å². The van der Waals surface area contributed by atoms with Gasteiger partial charge in [-0.1, -0.05) is 30.3 Å². The van der Waals surface area contributed by atoms with Crippen molar-refractivity contribution in [3.05, 3.63) is 60.3 Å². The van der Waals surface area contributed by atoms with Gasteiger partial charge < -0.3 is 40.1 Å². The second kappa shape index (κ2) is 10.1. The van der Waals surface area contributed by atoms with Crippen LogP contribution in [0.5, 0.6) is 0 Å². The molecule has 1 aliphatic heterocycles. The molecule has 6 N–H and O–H groups in total. The number of aliphatic hydroxyl groups is 6. The number of nitrogens with zero attached hydrogens (tertiary/aromatic N) is 4. The Morgan fingerprint density at radius 2 is 1.58 bits per heavy atom. The van der Waals surface area contributed by atoms with Crippen molar-refractivity contribution in [2.45, 2.75) is 42.9 Å². The van der Waals surface area contributed by atoms with Crippen LogP contribution < -0.4 is 0 Å². The molecule has 0 bridgehead atoms. The monoisotopic (exact) mass is 498 g/mol. The Morgan fingerprint density at radius 3 is 2.25 bits per heavy atom. The highest BCUT2D eigenvalue weighted by Gasteiger charge is 2.46. The van der Waals surface area contributed by atoms with Gasteiger partial charge in [-0.2, -0.15) is 5.10 Å². The van der Waals surface area contributed by atoms with Crippen LogP contribution in [0.2, 0.25) is 0 Å². The van der Waals surface area contributed by atoms with Crippen LogP contribution in [0.4, 0.5) is 0 Å². The average Bonchev–Trinajstić information content (AvgIpc) is 3.27. The third kappa shape index (κ3) is 4.34. The molecule has 2 aromatic carbocycles. The van der Waals surface area contributed by atoms with Crippen LogP contribution in [0, 0.1) is 0 Å². The summed E-state index contributed by atoms with van der Waals surface area (Å²) >= 11 is 0. The highest BCUT2D eigenvalue weighted by molar-refractivity contribution is 5.86. The Balaban J connectivity index is 1.64. The Hall–Kier alpha value is -3.07. The molecule has 0 aliphatic carbocycles. The predicted molar refractivity (Wildman–Crippen MR) is 125 cm³/mol. The van der Waals surface area contributed by atoms with Crippen molar-refractivity contribution in [2.75, 3.05) is 13.2 Å². The largest absolute Gasteiger partial charge is 0.394 e. The molecule has 7 atom stereocenters. The zero-order valence-corrected chi connectivity index (χ0v) is 18.9. The lowest BCUT2D eigenvalue weighted by atomic mass is 9.98. The smallest absolute Gasteiger partial charge is 0.184 e. The molecule has 1 aliphatic rings. The highest BCUT2D eigenvalue weighted by atomic mass is 16.7. The van der Waals surface area contributed by atoms with E-state index >= 15 is 0 Å². The molecule has 2 aromatic heterocycles. The fourth-order valence-electron chi connectivity index (χ4n) is 4.27. The number of rotatable bonds is 7. The van der Waals surface area contributed by atoms with Crippen molar-refractivity contribution in [1.29, 1.82) is 0 Å². The van der Waals surface area contributed by atoms with Crippen molar-refractivity contribution in [2.24, 2.45) is 0 Å². The quantitative estimate of drug-likeness (QED) is 0.187. The number of aliphatic hydroxyl groups excluding tert-OH is 6. The van der Waals surface area contributed by atoms with Crippen LogP contribution >= 0.6 is 0 Å². The number of benzene rings is 2. The van der Waals surface area contributed by atoms with E-state index in [0.717, 1.165) is 0 Å². The lowest BCUT2D eigenvalue weighted by Gasteiger charge is -2.41. The minimum absolute atomic E-state index is 0.0897. The first kappa shape index (κ1) is 24.6. The van der Waals surface area contributed by atoms with Crippen LogP contribution in [0.3, 0.4) is 0 Å². The number of hydrogen-bond donors (Lipinski definition) is 6. The molecule has 3 heterocycles. The molecule has 5 rings (SSSR count). The second-order valence-corrected chi connectivity index (χ2v) is 8.52. The van der Waals surface area contributed by atoms with Gasteiger partial charge in [-0.25, -0.2) is 14.6 Å². The van der Waals surface area contributed by atoms with Crippen molar-refractivity contribution in [3.8, 4) is 5.69 Å². The van der Waals surface area contributed by atoms with Crippen LogP contribution in [0.1, 0.15) is 11.8 Å². The van der Waals surface area contributed by atoms with E-state index in [4.69, 9.17) is 14.5 Å². The average molecular weight is 498 g/mol. The SMILES string of the molecule is OCC(O)C(O[C@@H]1[C@@H](O)[C@H](O)[C@@H](CO)O[C@H]1O)c1nn(-c2ccccc2)c2nc3ccccc3nc12. The first-order valence-electron chi connectivity index (χ1n) is 11.4. The molecule has 0 amide bonds. The normalized spacial score (nSPS) is 26.3. The van der Waals surface area contributed by atoms with E-state index in [0.29, 0.717) is 22.4 Å². The van der Waals surface area contributed by atoms with E-state index in [9.17, 15) is 30.6 Å². The Kier molecular flexibility index (Phi) is 6.92. The molecule has 12 nitrogen and oxygen atoms in total. The van der Waals surface area contributed by atoms with Gasteiger partial charge in [0.05, 0.1) is 29.9 Å². The number of ether oxygens (including phenoxy) is 2. The summed E-state index contributed by atoms with van der Waals surface area (Å²) in [6.45, 7) is -1.38. The van der Waals surface area contributed by atoms with E-state index in [1.165, 1.54) is 4.68 Å². The minimum Gasteiger partial charge on any atom is -0.394 e. The molecule has 1 fully saturated rings. The maximum absolute atomic E-state index is 10.7. The van der Waals surface area contributed by atoms with Gasteiger partial charge in [0.25, 0.3) is 0 Å². The fourth-order valence-corrected chi connectivity index (χ4v) is 4.27. The van der Waals surface area contributed by atoms with Crippen LogP contribution in [-0.4, -0.2) is 100 Å². The Labute approximate surface area is 204 Å². The zero-order valence-electron chi connectivity index (χ0n) is 18.9. The van der Waals surface area contributed by atoms with Crippen molar-refractivity contribution < 1.29 is 40.1 Å². The highest BCUT2D eigenvalue weighted by Crippen LogP contribution is 2.33. The second-order valence-electron chi connectivity index (χ2n) is 8.52. The molecule has 0 saturated carbocycles. The summed E-state index contributed by atoms with van der Waals surface area (Å²) in [5.74, 6) is 0. The maximum atomic E-state index is 10.7. The molecule has 1 saturated heterocycles. The summed E-state index contributed by atoms with van der Waals surface area (Å²) in [6.07, 6.45) is -10.7. The van der Waals surface area contributed by atoms with Gasteiger partial charge in [0.1, 0.15) is 47.8 Å². The molecule has 4 aromatic rings. The first-order chi connectivity index (χ1) is 17.4. The molecule has 190 valence electrons. The number of para-hydroxylation sites is 3. The molecule has 12 heteroatoms. The molecule has 0 radical (unpaired) electrons. The maximum Gasteiger partial charge on any atom is 0.184 e. The van der Waals surface area contributed by atoms with Gasteiger partial charge in [-0.15, -0.1) is 0 Å². The van der Waals surface area contributed by atoms with Gasteiger partial charge in [0.15, 0.2) is 11.9 Å². The lowest BCUT2D eigenvalue weighted by molar-refractivity contribution is -0.309. The number of aromatic nitrogens is 4. The molecular formula is C24H26N4O8. The predicted octanol–water partition coefficient (Wildman–Crippen LogP) is -0.820. The number of hydrogen-bond acceptors (Lipinski definition) is 11. The van der Waals surface area contributed by atoms with Gasteiger partial charge in [0, 0.05) is 0 Å². The van der Waals surface area contributed by atoms with E-state index in [2.05, 4.69) is 10.1 Å². The molecular weight excluding hydrogens is 472 g/mol. The standard InChI is InChI=1S/C24H26N4O8/c29-10-15(31)21(36-22-20(33)19(32)16(11-30)35-24(22)34)17-18-23(26-14-9-5-4-8-13(14)25-18)28(27-17)12-6-2-1-3-7-12/h1-9,15-16,19-22,24,29-34H,10-11H2/t15?,16-,19-,20+,21?,22-,24-/m1/s1. The van der Waals surface area contributed by atoms with Crippen molar-refractivity contribution in [3.63, 3.8) is 0 Å². The molecule has 2 unspecified atom stereocenters. The van der Waals surface area contributed by atoms with E-state index in [1.54, 1.807) is 30.3 Å². The van der Waals surface area contributed by atoms with E-state index < -0.39 is 56.1 Å². The van der Waals surface area contributed by atoms with E-state index in [1.807, 2.05) is 24.3 Å². The van der Waals surface area contributed by atoms with Gasteiger partial charge in [-0.3, -0.25) is 0 Å². The molecule has 0 spiro atoms. The summed E-state index contributed by atoms with van der Waals surface area (Å²) in [4.78, 5) is 9.37. The summed E-state index contributed by atoms with van der Waals surface area (Å²) in [7, 11) is 0. The van der Waals surface area contributed by atoms with Crippen molar-refractivity contribution in [1.82, 2.24) is 19.7 Å². The van der Waals surface area contributed by atoms with Crippen molar-refractivity contribution >= 4 is 22.2 Å². The Bertz CT molecular complexity index is 1340. The van der Waals surface area contributed by atoms with Gasteiger partial charge >= 0.3 is 0 Å². The zero-order chi connectivity index (χ0) is 25.4. The number of fused-ring (bicyclic) bond motifs is 2. The topological polar surface area (TPSA) is 183 Å². The summed E-state index contributed by atoms with van der Waals surface area (Å²) < 4.78 is 12.6. The lowest BCUT2D eigenvalue weighted by Crippen LogP contribution is -2.59. The third-order valence-electron chi connectivity index (χ3n) is 6.16. The molecule has 36 heavy (non-hydrogen) atoms. The summed E-state index contributed by atoms with van der Waals surface area (Å²) in [6, 6.07) is 16.3. The summed E-state index contributed by atoms with van der Waals surface area (Å²) in [5, 5.41) is 65.7. The van der Waals surface area contributed by atoms with Crippen LogP contribution in [0.25, 0.3) is 27.9 Å². The minimum atomic E-state index is -1.75. The fraction of sp³-hybridized carbons (Fsp3) is 0.375. The summed E-state index contributed by atoms with van der Waals surface area (Å²) in [5.41, 5.74) is 2.53.